The molecule has 27 heavy (non-hydrogen) atoms. The highest BCUT2D eigenvalue weighted by atomic mass is 127. The fraction of sp³-hybridized carbons (Fsp3) is 0.0476. The van der Waals surface area contributed by atoms with Crippen LogP contribution in [0.5, 0.6) is 5.75 Å². The van der Waals surface area contributed by atoms with Gasteiger partial charge in [0, 0.05) is 9.13 Å². The summed E-state index contributed by atoms with van der Waals surface area (Å²) in [6.45, 7) is -0.0463. The van der Waals surface area contributed by atoms with Crippen LogP contribution >= 0.6 is 33.9 Å². The van der Waals surface area contributed by atoms with Crippen LogP contribution in [0.25, 0.3) is 20.8 Å². The van der Waals surface area contributed by atoms with Gasteiger partial charge in [-0.1, -0.05) is 30.3 Å². The first-order valence-corrected chi connectivity index (χ1v) is 10.2. The van der Waals surface area contributed by atoms with E-state index in [1.165, 1.54) is 0 Å². The summed E-state index contributed by atoms with van der Waals surface area (Å²) in [5, 5.41) is 3.83. The molecular formula is C21H15IN2O2S. The van der Waals surface area contributed by atoms with Gasteiger partial charge in [-0.15, -0.1) is 11.3 Å². The third-order valence-electron chi connectivity index (χ3n) is 3.89. The zero-order valence-electron chi connectivity index (χ0n) is 14.2. The minimum absolute atomic E-state index is 0.0463. The van der Waals surface area contributed by atoms with Crippen molar-refractivity contribution in [3.05, 3.63) is 76.4 Å². The molecule has 0 saturated heterocycles. The summed E-state index contributed by atoms with van der Waals surface area (Å²) >= 11 is 3.88. The van der Waals surface area contributed by atoms with Gasteiger partial charge in [-0.05, 0) is 65.1 Å². The van der Waals surface area contributed by atoms with Gasteiger partial charge >= 0.3 is 0 Å². The highest BCUT2D eigenvalue weighted by Crippen LogP contribution is 2.35. The Kier molecular flexibility index (Phi) is 5.35. The predicted molar refractivity (Wildman–Crippen MR) is 118 cm³/mol. The van der Waals surface area contributed by atoms with E-state index in [1.54, 1.807) is 11.3 Å². The van der Waals surface area contributed by atoms with Crippen molar-refractivity contribution in [2.24, 2.45) is 0 Å². The van der Waals surface area contributed by atoms with Gasteiger partial charge in [0.2, 0.25) is 0 Å². The second-order valence-electron chi connectivity index (χ2n) is 5.83. The number of hydrogen-bond acceptors (Lipinski definition) is 4. The van der Waals surface area contributed by atoms with E-state index in [0.29, 0.717) is 5.75 Å². The number of benzene rings is 3. The van der Waals surface area contributed by atoms with Gasteiger partial charge in [0.25, 0.3) is 5.91 Å². The van der Waals surface area contributed by atoms with Crippen LogP contribution in [0, 0.1) is 3.57 Å². The van der Waals surface area contributed by atoms with E-state index in [1.807, 2.05) is 66.7 Å². The van der Waals surface area contributed by atoms with E-state index >= 15 is 0 Å². The Hall–Kier alpha value is -2.45. The summed E-state index contributed by atoms with van der Waals surface area (Å²) in [6.07, 6.45) is 0. The highest BCUT2D eigenvalue weighted by molar-refractivity contribution is 14.1. The fourth-order valence-corrected chi connectivity index (χ4v) is 4.13. The standard InChI is InChI=1S/C21H15IN2O2S/c22-14-10-11-17(23-20(25)13-26-15-6-2-1-3-7-15)16(12-14)21-24-18-8-4-5-9-19(18)27-21/h1-12H,13H2,(H,23,25). The number of halogens is 1. The molecule has 3 aromatic carbocycles. The molecular weight excluding hydrogens is 471 g/mol. The van der Waals surface area contributed by atoms with Crippen molar-refractivity contribution >= 4 is 55.7 Å². The number of rotatable bonds is 5. The van der Waals surface area contributed by atoms with Gasteiger partial charge in [-0.25, -0.2) is 4.98 Å². The molecule has 0 spiro atoms. The molecule has 1 heterocycles. The summed E-state index contributed by atoms with van der Waals surface area (Å²) in [6, 6.07) is 23.2. The van der Waals surface area contributed by atoms with Crippen molar-refractivity contribution in [3.63, 3.8) is 0 Å². The summed E-state index contributed by atoms with van der Waals surface area (Å²) in [5.41, 5.74) is 2.60. The number of hydrogen-bond donors (Lipinski definition) is 1. The number of nitrogens with one attached hydrogen (secondary N) is 1. The number of nitrogens with zero attached hydrogens (tertiary/aromatic N) is 1. The number of carbonyl (C=O) groups excluding carboxylic acids is 1. The lowest BCUT2D eigenvalue weighted by atomic mass is 10.2. The molecule has 0 aliphatic heterocycles. The van der Waals surface area contributed by atoms with Crippen LogP contribution in [0.1, 0.15) is 0 Å². The maximum absolute atomic E-state index is 12.4. The molecule has 0 aliphatic carbocycles. The first-order valence-electron chi connectivity index (χ1n) is 8.32. The van der Waals surface area contributed by atoms with Crippen LogP contribution < -0.4 is 10.1 Å². The number of thiazole rings is 1. The minimum atomic E-state index is -0.206. The largest absolute Gasteiger partial charge is 0.484 e. The molecule has 0 atom stereocenters. The van der Waals surface area contributed by atoms with E-state index < -0.39 is 0 Å². The smallest absolute Gasteiger partial charge is 0.262 e. The lowest BCUT2D eigenvalue weighted by molar-refractivity contribution is -0.118. The third kappa shape index (κ3) is 4.28. The predicted octanol–water partition coefficient (Wildman–Crippen LogP) is 5.59. The van der Waals surface area contributed by atoms with Crippen LogP contribution in [0.3, 0.4) is 0 Å². The maximum Gasteiger partial charge on any atom is 0.262 e. The van der Waals surface area contributed by atoms with Gasteiger partial charge in [0.05, 0.1) is 15.9 Å². The molecule has 1 N–H and O–H groups in total. The SMILES string of the molecule is O=C(COc1ccccc1)Nc1ccc(I)cc1-c1nc2ccccc2s1. The molecule has 4 rings (SSSR count). The van der Waals surface area contributed by atoms with Gasteiger partial charge in [-0.3, -0.25) is 4.79 Å². The summed E-state index contributed by atoms with van der Waals surface area (Å²) in [7, 11) is 0. The quantitative estimate of drug-likeness (QED) is 0.375. The Morgan fingerprint density at radius 3 is 2.63 bits per heavy atom. The first-order chi connectivity index (χ1) is 13.2. The second-order valence-corrected chi connectivity index (χ2v) is 8.10. The summed E-state index contributed by atoms with van der Waals surface area (Å²) in [5.74, 6) is 0.462. The molecule has 0 radical (unpaired) electrons. The van der Waals surface area contributed by atoms with Gasteiger partial charge in [-0.2, -0.15) is 0 Å². The molecule has 4 aromatic rings. The minimum Gasteiger partial charge on any atom is -0.484 e. The zero-order valence-corrected chi connectivity index (χ0v) is 17.2. The molecule has 0 unspecified atom stereocenters. The van der Waals surface area contributed by atoms with E-state index in [4.69, 9.17) is 9.72 Å². The molecule has 0 fully saturated rings. The summed E-state index contributed by atoms with van der Waals surface area (Å²) < 4.78 is 7.74. The second kappa shape index (κ2) is 8.06. The first kappa shape index (κ1) is 17.9. The van der Waals surface area contributed by atoms with Crippen LogP contribution in [0.4, 0.5) is 5.69 Å². The average molecular weight is 486 g/mol. The van der Waals surface area contributed by atoms with E-state index in [2.05, 4.69) is 34.0 Å². The Balaban J connectivity index is 1.57. The van der Waals surface area contributed by atoms with Crippen molar-refractivity contribution in [1.82, 2.24) is 4.98 Å². The van der Waals surface area contributed by atoms with E-state index in [0.717, 1.165) is 30.0 Å². The van der Waals surface area contributed by atoms with Crippen LogP contribution in [0.15, 0.2) is 72.8 Å². The van der Waals surface area contributed by atoms with Crippen LogP contribution in [-0.4, -0.2) is 17.5 Å². The molecule has 1 aromatic heterocycles. The monoisotopic (exact) mass is 486 g/mol. The maximum atomic E-state index is 12.4. The topological polar surface area (TPSA) is 51.2 Å². The average Bonchev–Trinajstić information content (AvgIpc) is 3.12. The summed E-state index contributed by atoms with van der Waals surface area (Å²) in [4.78, 5) is 17.1. The molecule has 134 valence electrons. The zero-order chi connectivity index (χ0) is 18.6. The van der Waals surface area contributed by atoms with Crippen LogP contribution in [0.2, 0.25) is 0 Å². The molecule has 6 heteroatoms. The molecule has 0 bridgehead atoms. The lowest BCUT2D eigenvalue weighted by Crippen LogP contribution is -2.20. The fourth-order valence-electron chi connectivity index (χ4n) is 2.64. The number of aromatic nitrogens is 1. The molecule has 4 nitrogen and oxygen atoms in total. The lowest BCUT2D eigenvalue weighted by Gasteiger charge is -2.11. The van der Waals surface area contributed by atoms with E-state index in [9.17, 15) is 4.79 Å². The number of fused-ring (bicyclic) bond motifs is 1. The van der Waals surface area contributed by atoms with Gasteiger partial charge < -0.3 is 10.1 Å². The number of ether oxygens (including phenoxy) is 1. The number of anilines is 1. The van der Waals surface area contributed by atoms with Crippen molar-refractivity contribution in [2.75, 3.05) is 11.9 Å². The number of carbonyl (C=O) groups is 1. The van der Waals surface area contributed by atoms with E-state index in [-0.39, 0.29) is 12.5 Å². The Bertz CT molecular complexity index is 1060. The highest BCUT2D eigenvalue weighted by Gasteiger charge is 2.14. The van der Waals surface area contributed by atoms with Gasteiger partial charge in [0.15, 0.2) is 6.61 Å². The molecule has 1 amide bonds. The third-order valence-corrected chi connectivity index (χ3v) is 5.63. The van der Waals surface area contributed by atoms with Crippen molar-refractivity contribution < 1.29 is 9.53 Å². The molecule has 0 aliphatic rings. The normalized spacial score (nSPS) is 10.7. The Labute approximate surface area is 174 Å². The molecule has 0 saturated carbocycles. The number of para-hydroxylation sites is 2. The van der Waals surface area contributed by atoms with Crippen LogP contribution in [-0.2, 0) is 4.79 Å². The Morgan fingerprint density at radius 2 is 1.81 bits per heavy atom. The van der Waals surface area contributed by atoms with Crippen molar-refractivity contribution in [3.8, 4) is 16.3 Å². The van der Waals surface area contributed by atoms with Crippen molar-refractivity contribution in [2.45, 2.75) is 0 Å². The number of amides is 1. The van der Waals surface area contributed by atoms with Gasteiger partial charge in [0.1, 0.15) is 10.8 Å². The van der Waals surface area contributed by atoms with Crippen molar-refractivity contribution in [1.29, 1.82) is 0 Å². The Morgan fingerprint density at radius 1 is 1.04 bits per heavy atom.